The van der Waals surface area contributed by atoms with E-state index in [9.17, 15) is 14.9 Å². The summed E-state index contributed by atoms with van der Waals surface area (Å²) in [5.74, 6) is -0.275. The lowest BCUT2D eigenvalue weighted by Gasteiger charge is -2.07. The summed E-state index contributed by atoms with van der Waals surface area (Å²) in [6, 6.07) is 4.40. The Kier molecular flexibility index (Phi) is 5.57. The first-order chi connectivity index (χ1) is 8.54. The van der Waals surface area contributed by atoms with Crippen molar-refractivity contribution in [3.8, 4) is 0 Å². The molecule has 1 aromatic carbocycles. The van der Waals surface area contributed by atoms with Crippen LogP contribution < -0.4 is 5.32 Å². The molecule has 0 amide bonds. The van der Waals surface area contributed by atoms with Crippen molar-refractivity contribution in [1.82, 2.24) is 0 Å². The summed E-state index contributed by atoms with van der Waals surface area (Å²) in [5, 5.41) is 13.5. The SMILES string of the molecule is CCOC(=O)CCNc1ccc([N+](=O)[O-])cc1Br. The molecule has 0 aliphatic rings. The van der Waals surface area contributed by atoms with Gasteiger partial charge in [0, 0.05) is 28.8 Å². The maximum atomic E-state index is 11.1. The molecule has 1 N–H and O–H groups in total. The predicted molar refractivity (Wildman–Crippen MR) is 70.5 cm³/mol. The van der Waals surface area contributed by atoms with Crippen molar-refractivity contribution in [2.75, 3.05) is 18.5 Å². The van der Waals surface area contributed by atoms with Crippen LogP contribution >= 0.6 is 15.9 Å². The molecule has 0 aliphatic carbocycles. The fraction of sp³-hybridized carbons (Fsp3) is 0.364. The second kappa shape index (κ2) is 6.95. The Hall–Kier alpha value is -1.63. The van der Waals surface area contributed by atoms with Gasteiger partial charge in [0.05, 0.1) is 18.0 Å². The molecule has 98 valence electrons. The van der Waals surface area contributed by atoms with Crippen molar-refractivity contribution in [2.24, 2.45) is 0 Å². The number of hydrogen-bond donors (Lipinski definition) is 1. The molecule has 0 bridgehead atoms. The third kappa shape index (κ3) is 4.33. The van der Waals surface area contributed by atoms with E-state index in [1.165, 1.54) is 12.1 Å². The van der Waals surface area contributed by atoms with Gasteiger partial charge >= 0.3 is 5.97 Å². The molecule has 0 aliphatic heterocycles. The summed E-state index contributed by atoms with van der Waals surface area (Å²) < 4.78 is 5.36. The van der Waals surface area contributed by atoms with Crippen LogP contribution in [0.25, 0.3) is 0 Å². The third-order valence-electron chi connectivity index (χ3n) is 2.11. The van der Waals surface area contributed by atoms with Gasteiger partial charge in [-0.1, -0.05) is 0 Å². The normalized spacial score (nSPS) is 9.89. The van der Waals surface area contributed by atoms with Crippen molar-refractivity contribution in [1.29, 1.82) is 0 Å². The van der Waals surface area contributed by atoms with Crippen LogP contribution in [0.3, 0.4) is 0 Å². The average molecular weight is 317 g/mol. The van der Waals surface area contributed by atoms with Gasteiger partial charge < -0.3 is 10.1 Å². The van der Waals surface area contributed by atoms with Crippen LogP contribution in [0.4, 0.5) is 11.4 Å². The van der Waals surface area contributed by atoms with E-state index in [-0.39, 0.29) is 18.1 Å². The van der Waals surface area contributed by atoms with Gasteiger partial charge in [-0.25, -0.2) is 0 Å². The van der Waals surface area contributed by atoms with Crippen molar-refractivity contribution in [3.05, 3.63) is 32.8 Å². The molecule has 18 heavy (non-hydrogen) atoms. The number of non-ortho nitro benzene ring substituents is 1. The number of nitrogens with one attached hydrogen (secondary N) is 1. The lowest BCUT2D eigenvalue weighted by atomic mass is 10.3. The minimum absolute atomic E-state index is 0.0119. The molecule has 1 rings (SSSR count). The lowest BCUT2D eigenvalue weighted by molar-refractivity contribution is -0.384. The van der Waals surface area contributed by atoms with E-state index in [1.807, 2.05) is 0 Å². The molecule has 0 aromatic heterocycles. The number of carbonyl (C=O) groups excluding carboxylic acids is 1. The van der Waals surface area contributed by atoms with Crippen LogP contribution in [0.1, 0.15) is 13.3 Å². The molecule has 1 aromatic rings. The van der Waals surface area contributed by atoms with Gasteiger partial charge in [-0.3, -0.25) is 14.9 Å². The van der Waals surface area contributed by atoms with Crippen LogP contribution in [0.2, 0.25) is 0 Å². The Morgan fingerprint density at radius 1 is 1.56 bits per heavy atom. The number of nitro benzene ring substituents is 1. The number of benzene rings is 1. The van der Waals surface area contributed by atoms with Gasteiger partial charge in [0.1, 0.15) is 0 Å². The number of halogens is 1. The molecule has 0 radical (unpaired) electrons. The fourth-order valence-corrected chi connectivity index (χ4v) is 1.80. The van der Waals surface area contributed by atoms with Crippen molar-refractivity contribution >= 4 is 33.3 Å². The van der Waals surface area contributed by atoms with E-state index in [4.69, 9.17) is 4.74 Å². The quantitative estimate of drug-likeness (QED) is 0.495. The minimum atomic E-state index is -0.465. The molecule has 0 fully saturated rings. The second-order valence-electron chi connectivity index (χ2n) is 3.40. The maximum absolute atomic E-state index is 11.1. The van der Waals surface area contributed by atoms with Crippen LogP contribution in [-0.4, -0.2) is 24.0 Å². The molecule has 0 atom stereocenters. The average Bonchev–Trinajstić information content (AvgIpc) is 2.31. The topological polar surface area (TPSA) is 81.5 Å². The predicted octanol–water partition coefficient (Wildman–Crippen LogP) is 2.72. The number of esters is 1. The molecule has 0 saturated heterocycles. The zero-order valence-electron chi connectivity index (χ0n) is 9.81. The van der Waals surface area contributed by atoms with Gasteiger partial charge in [-0.05, 0) is 28.9 Å². The fourth-order valence-electron chi connectivity index (χ4n) is 1.29. The van der Waals surface area contributed by atoms with Crippen LogP contribution in [0.5, 0.6) is 0 Å². The Labute approximate surface area is 113 Å². The summed E-state index contributed by atoms with van der Waals surface area (Å²) in [6.07, 6.45) is 0.247. The molecule has 0 spiro atoms. The smallest absolute Gasteiger partial charge is 0.307 e. The molecule has 0 saturated carbocycles. The van der Waals surface area contributed by atoms with E-state index in [0.29, 0.717) is 23.3 Å². The second-order valence-corrected chi connectivity index (χ2v) is 4.26. The Balaban J connectivity index is 2.53. The molecular weight excluding hydrogens is 304 g/mol. The van der Waals surface area contributed by atoms with Crippen LogP contribution in [0.15, 0.2) is 22.7 Å². The number of rotatable bonds is 6. The van der Waals surface area contributed by atoms with E-state index < -0.39 is 4.92 Å². The van der Waals surface area contributed by atoms with E-state index in [1.54, 1.807) is 13.0 Å². The van der Waals surface area contributed by atoms with Crippen molar-refractivity contribution < 1.29 is 14.5 Å². The zero-order valence-corrected chi connectivity index (χ0v) is 11.4. The van der Waals surface area contributed by atoms with Gasteiger partial charge in [0.2, 0.25) is 0 Å². The van der Waals surface area contributed by atoms with Gasteiger partial charge in [0.15, 0.2) is 0 Å². The summed E-state index contributed by atoms with van der Waals surface area (Å²) in [6.45, 7) is 2.52. The van der Waals surface area contributed by atoms with E-state index in [2.05, 4.69) is 21.2 Å². The summed E-state index contributed by atoms with van der Waals surface area (Å²) in [5.41, 5.74) is 0.711. The molecule has 0 unspecified atom stereocenters. The van der Waals surface area contributed by atoms with Crippen LogP contribution in [-0.2, 0) is 9.53 Å². The van der Waals surface area contributed by atoms with E-state index in [0.717, 1.165) is 0 Å². The lowest BCUT2D eigenvalue weighted by Crippen LogP contribution is -2.11. The Morgan fingerprint density at radius 3 is 2.83 bits per heavy atom. The molecule has 0 heterocycles. The van der Waals surface area contributed by atoms with Gasteiger partial charge in [0.25, 0.3) is 5.69 Å². The first-order valence-corrected chi connectivity index (χ1v) is 6.17. The number of hydrogen-bond acceptors (Lipinski definition) is 5. The zero-order chi connectivity index (χ0) is 13.5. The summed E-state index contributed by atoms with van der Waals surface area (Å²) >= 11 is 3.23. The molecular formula is C11H13BrN2O4. The highest BCUT2D eigenvalue weighted by Gasteiger charge is 2.09. The molecule has 6 nitrogen and oxygen atoms in total. The number of nitro groups is 1. The van der Waals surface area contributed by atoms with Crippen molar-refractivity contribution in [3.63, 3.8) is 0 Å². The highest BCUT2D eigenvalue weighted by molar-refractivity contribution is 9.10. The largest absolute Gasteiger partial charge is 0.466 e. The number of anilines is 1. The maximum Gasteiger partial charge on any atom is 0.307 e. The summed E-state index contributed by atoms with van der Waals surface area (Å²) in [4.78, 5) is 21.2. The van der Waals surface area contributed by atoms with E-state index >= 15 is 0 Å². The summed E-state index contributed by atoms with van der Waals surface area (Å²) in [7, 11) is 0. The first kappa shape index (κ1) is 14.4. The van der Waals surface area contributed by atoms with Crippen molar-refractivity contribution in [2.45, 2.75) is 13.3 Å². The highest BCUT2D eigenvalue weighted by atomic mass is 79.9. The van der Waals surface area contributed by atoms with Gasteiger partial charge in [-0.2, -0.15) is 0 Å². The number of nitrogens with zero attached hydrogens (tertiary/aromatic N) is 1. The Morgan fingerprint density at radius 2 is 2.28 bits per heavy atom. The molecule has 7 heteroatoms. The third-order valence-corrected chi connectivity index (χ3v) is 2.77. The highest BCUT2D eigenvalue weighted by Crippen LogP contribution is 2.26. The van der Waals surface area contributed by atoms with Crippen LogP contribution in [0, 0.1) is 10.1 Å². The minimum Gasteiger partial charge on any atom is -0.466 e. The Bertz CT molecular complexity index is 451. The van der Waals surface area contributed by atoms with Gasteiger partial charge in [-0.15, -0.1) is 0 Å². The number of ether oxygens (including phenoxy) is 1. The monoisotopic (exact) mass is 316 g/mol. The first-order valence-electron chi connectivity index (χ1n) is 5.38. The number of carbonyl (C=O) groups is 1. The standard InChI is InChI=1S/C11H13BrN2O4/c1-2-18-11(15)5-6-13-10-4-3-8(14(16)17)7-9(10)12/h3-4,7,13H,2,5-6H2,1H3.